The van der Waals surface area contributed by atoms with E-state index < -0.39 is 20.5 Å². The number of amides is 1. The highest BCUT2D eigenvalue weighted by Crippen LogP contribution is 2.39. The van der Waals surface area contributed by atoms with Gasteiger partial charge in [0.15, 0.2) is 14.4 Å². The first kappa shape index (κ1) is 28.4. The Bertz CT molecular complexity index is 492. The number of carbonyl (C=O) groups excluding carboxylic acids is 1. The molecule has 0 aliphatic carbocycles. The SMILES string of the molecule is CCCCCCCCCCCCCC[C@@H](O[Si](C)(C)C(C)(C)C)[C@@H]1OC(=O)N[C@H]1CO. The predicted molar refractivity (Wildman–Crippen MR) is 132 cm³/mol. The van der Waals surface area contributed by atoms with Gasteiger partial charge in [0.1, 0.15) is 0 Å². The minimum atomic E-state index is -2.00. The maximum atomic E-state index is 11.8. The van der Waals surface area contributed by atoms with Crippen molar-refractivity contribution in [1.82, 2.24) is 5.32 Å². The van der Waals surface area contributed by atoms with Crippen molar-refractivity contribution >= 4 is 14.4 Å². The standard InChI is InChI=1S/C25H51NO4Si/c1-7-8-9-10-11-12-13-14-15-16-17-18-19-22(30-31(5,6)25(2,3)4)23-21(20-27)26-24(28)29-23/h21-23,27H,7-20H2,1-6H3,(H,26,28)/t21-,22+,23+/m0/s1. The Morgan fingerprint density at radius 2 is 1.45 bits per heavy atom. The molecule has 1 aliphatic heterocycles. The first-order valence-corrected chi connectivity index (χ1v) is 15.8. The van der Waals surface area contributed by atoms with E-state index in [1.54, 1.807) is 0 Å². The molecule has 31 heavy (non-hydrogen) atoms. The highest BCUT2D eigenvalue weighted by atomic mass is 28.4. The number of nitrogens with one attached hydrogen (secondary N) is 1. The molecule has 1 aliphatic rings. The van der Waals surface area contributed by atoms with Crippen LogP contribution in [0.3, 0.4) is 0 Å². The highest BCUT2D eigenvalue weighted by molar-refractivity contribution is 6.74. The summed E-state index contributed by atoms with van der Waals surface area (Å²) >= 11 is 0. The molecule has 3 atom stereocenters. The van der Waals surface area contributed by atoms with Gasteiger partial charge in [-0.05, 0) is 24.6 Å². The summed E-state index contributed by atoms with van der Waals surface area (Å²) in [7, 11) is -2.00. The zero-order valence-electron chi connectivity index (χ0n) is 21.3. The summed E-state index contributed by atoms with van der Waals surface area (Å²) in [6.45, 7) is 13.3. The maximum absolute atomic E-state index is 11.8. The average Bonchev–Trinajstić information content (AvgIpc) is 3.07. The van der Waals surface area contributed by atoms with Crippen molar-refractivity contribution in [2.45, 2.75) is 148 Å². The van der Waals surface area contributed by atoms with Gasteiger partial charge >= 0.3 is 6.09 Å². The van der Waals surface area contributed by atoms with E-state index in [1.807, 2.05) is 0 Å². The van der Waals surface area contributed by atoms with Crippen LogP contribution in [-0.4, -0.2) is 44.4 Å². The van der Waals surface area contributed by atoms with Crippen molar-refractivity contribution in [2.24, 2.45) is 0 Å². The van der Waals surface area contributed by atoms with E-state index in [2.05, 4.69) is 46.1 Å². The van der Waals surface area contributed by atoms with E-state index in [0.717, 1.165) is 12.8 Å². The fraction of sp³-hybridized carbons (Fsp3) is 0.960. The molecule has 0 aromatic rings. The number of alkyl carbamates (subject to hydrolysis) is 1. The molecular weight excluding hydrogens is 406 g/mol. The van der Waals surface area contributed by atoms with Crippen molar-refractivity contribution < 1.29 is 19.1 Å². The van der Waals surface area contributed by atoms with Gasteiger partial charge in [-0.15, -0.1) is 0 Å². The Hall–Kier alpha value is -0.593. The zero-order chi connectivity index (χ0) is 23.3. The number of hydrogen-bond donors (Lipinski definition) is 2. The molecule has 1 rings (SSSR count). The summed E-state index contributed by atoms with van der Waals surface area (Å²) in [5.41, 5.74) is 0. The van der Waals surface area contributed by atoms with Crippen molar-refractivity contribution in [3.05, 3.63) is 0 Å². The Balaban J connectivity index is 2.38. The second-order valence-electron chi connectivity index (χ2n) is 10.9. The van der Waals surface area contributed by atoms with Gasteiger partial charge in [0.2, 0.25) is 0 Å². The monoisotopic (exact) mass is 457 g/mol. The van der Waals surface area contributed by atoms with Crippen molar-refractivity contribution in [3.8, 4) is 0 Å². The molecule has 184 valence electrons. The molecule has 1 amide bonds. The van der Waals surface area contributed by atoms with E-state index >= 15 is 0 Å². The van der Waals surface area contributed by atoms with Crippen LogP contribution in [0.1, 0.15) is 111 Å². The lowest BCUT2D eigenvalue weighted by Gasteiger charge is -2.41. The Labute approximate surface area is 193 Å². The van der Waals surface area contributed by atoms with E-state index in [0.29, 0.717) is 0 Å². The van der Waals surface area contributed by atoms with Crippen LogP contribution in [0.2, 0.25) is 18.1 Å². The second kappa shape index (κ2) is 14.5. The summed E-state index contributed by atoms with van der Waals surface area (Å²) in [4.78, 5) is 11.8. The Morgan fingerprint density at radius 1 is 0.968 bits per heavy atom. The number of ether oxygens (including phenoxy) is 1. The normalized spacial score (nSPS) is 20.5. The Morgan fingerprint density at radius 3 is 1.90 bits per heavy atom. The molecule has 0 aromatic heterocycles. The third kappa shape index (κ3) is 10.7. The molecule has 0 radical (unpaired) electrons. The molecule has 2 N–H and O–H groups in total. The number of carbonyl (C=O) groups is 1. The number of cyclic esters (lactones) is 1. The molecule has 0 saturated carbocycles. The third-order valence-electron chi connectivity index (χ3n) is 7.10. The fourth-order valence-electron chi connectivity index (χ4n) is 3.99. The van der Waals surface area contributed by atoms with Crippen LogP contribution in [0.25, 0.3) is 0 Å². The molecule has 0 spiro atoms. The first-order chi connectivity index (χ1) is 14.6. The van der Waals surface area contributed by atoms with Gasteiger partial charge in [0.05, 0.1) is 18.8 Å². The van der Waals surface area contributed by atoms with Crippen molar-refractivity contribution in [2.75, 3.05) is 6.61 Å². The first-order valence-electron chi connectivity index (χ1n) is 12.9. The van der Waals surface area contributed by atoms with Gasteiger partial charge in [-0.2, -0.15) is 0 Å². The van der Waals surface area contributed by atoms with Gasteiger partial charge in [0, 0.05) is 0 Å². The summed E-state index contributed by atoms with van der Waals surface area (Å²) in [5, 5.41) is 12.5. The summed E-state index contributed by atoms with van der Waals surface area (Å²) in [6.07, 6.45) is 15.7. The topological polar surface area (TPSA) is 67.8 Å². The molecule has 6 heteroatoms. The van der Waals surface area contributed by atoms with Crippen LogP contribution in [0.5, 0.6) is 0 Å². The maximum Gasteiger partial charge on any atom is 0.408 e. The number of unbranched alkanes of at least 4 members (excludes halogenated alkanes) is 11. The van der Waals surface area contributed by atoms with Gasteiger partial charge in [-0.1, -0.05) is 105 Å². The molecule has 1 saturated heterocycles. The van der Waals surface area contributed by atoms with Crippen LogP contribution in [0, 0.1) is 0 Å². The quantitative estimate of drug-likeness (QED) is 0.183. The van der Waals surface area contributed by atoms with E-state index in [9.17, 15) is 9.90 Å². The van der Waals surface area contributed by atoms with Crippen LogP contribution < -0.4 is 5.32 Å². The van der Waals surface area contributed by atoms with Gasteiger partial charge in [-0.3, -0.25) is 0 Å². The zero-order valence-corrected chi connectivity index (χ0v) is 22.3. The Kier molecular flexibility index (Phi) is 13.3. The summed E-state index contributed by atoms with van der Waals surface area (Å²) in [5.74, 6) is 0. The fourth-order valence-corrected chi connectivity index (χ4v) is 5.35. The minimum Gasteiger partial charge on any atom is -0.441 e. The highest BCUT2D eigenvalue weighted by Gasteiger charge is 2.45. The predicted octanol–water partition coefficient (Wildman–Crippen LogP) is 6.94. The third-order valence-corrected chi connectivity index (χ3v) is 11.6. The van der Waals surface area contributed by atoms with Crippen molar-refractivity contribution in [3.63, 3.8) is 0 Å². The van der Waals surface area contributed by atoms with E-state index in [4.69, 9.17) is 9.16 Å². The van der Waals surface area contributed by atoms with Gasteiger partial charge < -0.3 is 19.6 Å². The van der Waals surface area contributed by atoms with Gasteiger partial charge in [-0.25, -0.2) is 4.79 Å². The molecule has 1 heterocycles. The van der Waals surface area contributed by atoms with E-state index in [1.165, 1.54) is 70.6 Å². The van der Waals surface area contributed by atoms with Crippen LogP contribution in [0.4, 0.5) is 4.79 Å². The van der Waals surface area contributed by atoms with Crippen LogP contribution in [0.15, 0.2) is 0 Å². The van der Waals surface area contributed by atoms with Crippen molar-refractivity contribution in [1.29, 1.82) is 0 Å². The van der Waals surface area contributed by atoms with E-state index in [-0.39, 0.29) is 23.8 Å². The lowest BCUT2D eigenvalue weighted by atomic mass is 10.00. The summed E-state index contributed by atoms with van der Waals surface area (Å²) in [6, 6.07) is -0.375. The second-order valence-corrected chi connectivity index (χ2v) is 15.7. The number of aliphatic hydroxyl groups is 1. The number of hydrogen-bond acceptors (Lipinski definition) is 4. The van der Waals surface area contributed by atoms with Crippen LogP contribution >= 0.6 is 0 Å². The van der Waals surface area contributed by atoms with Gasteiger partial charge in [0.25, 0.3) is 0 Å². The molecule has 0 bridgehead atoms. The molecule has 5 nitrogen and oxygen atoms in total. The number of aliphatic hydroxyl groups excluding tert-OH is 1. The molecular formula is C25H51NO4Si. The summed E-state index contributed by atoms with van der Waals surface area (Å²) < 4.78 is 12.2. The number of rotatable bonds is 17. The molecule has 0 unspecified atom stereocenters. The molecule has 0 aromatic carbocycles. The lowest BCUT2D eigenvalue weighted by molar-refractivity contribution is 0.0120. The smallest absolute Gasteiger partial charge is 0.408 e. The molecule has 1 fully saturated rings. The largest absolute Gasteiger partial charge is 0.441 e. The van der Waals surface area contributed by atoms with Crippen LogP contribution in [-0.2, 0) is 9.16 Å². The average molecular weight is 458 g/mol. The lowest BCUT2D eigenvalue weighted by Crippen LogP contribution is -2.50. The minimum absolute atomic E-state index is 0.0898.